The van der Waals surface area contributed by atoms with Crippen LogP contribution in [0.1, 0.15) is 19.8 Å². The second-order valence-electron chi connectivity index (χ2n) is 3.32. The molecule has 0 aromatic rings. The van der Waals surface area contributed by atoms with E-state index in [0.717, 1.165) is 16.9 Å². The second kappa shape index (κ2) is 4.27. The first kappa shape index (κ1) is 9.27. The first-order valence-electron chi connectivity index (χ1n) is 4.28. The fourth-order valence-corrected chi connectivity index (χ4v) is 1.99. The highest BCUT2D eigenvalue weighted by Gasteiger charge is 2.20. The van der Waals surface area contributed by atoms with Crippen molar-refractivity contribution in [2.75, 3.05) is 19.6 Å². The average Bonchev–Trinajstić information content (AvgIpc) is 2.34. The van der Waals surface area contributed by atoms with Crippen LogP contribution in [0.2, 0.25) is 0 Å². The van der Waals surface area contributed by atoms with Crippen LogP contribution in [0, 0.1) is 5.92 Å². The molecule has 1 unspecified atom stereocenters. The maximum atomic E-state index is 3.84. The Morgan fingerprint density at radius 1 is 1.73 bits per heavy atom. The van der Waals surface area contributed by atoms with Crippen LogP contribution in [0.4, 0.5) is 0 Å². The van der Waals surface area contributed by atoms with E-state index in [-0.39, 0.29) is 0 Å². The van der Waals surface area contributed by atoms with Crippen LogP contribution in [0.5, 0.6) is 0 Å². The van der Waals surface area contributed by atoms with E-state index in [2.05, 4.69) is 34.3 Å². The molecule has 0 radical (unpaired) electrons. The Balaban J connectivity index is 2.24. The van der Waals surface area contributed by atoms with Gasteiger partial charge in [-0.3, -0.25) is 4.90 Å². The van der Waals surface area contributed by atoms with Crippen LogP contribution >= 0.6 is 15.9 Å². The normalized spacial score (nSPS) is 25.8. The summed E-state index contributed by atoms with van der Waals surface area (Å²) >= 11 is 3.39. The maximum absolute atomic E-state index is 3.84. The zero-order valence-corrected chi connectivity index (χ0v) is 8.73. The SMILES string of the molecule is C=C(Br)CN1CCC(CC)C1. The molecule has 0 aliphatic carbocycles. The number of nitrogens with zero attached hydrogens (tertiary/aromatic N) is 1. The Morgan fingerprint density at radius 3 is 2.91 bits per heavy atom. The van der Waals surface area contributed by atoms with Crippen LogP contribution in [0.15, 0.2) is 11.1 Å². The molecule has 1 aliphatic rings. The van der Waals surface area contributed by atoms with Gasteiger partial charge in [0.25, 0.3) is 0 Å². The first-order chi connectivity index (χ1) is 5.22. The highest BCUT2D eigenvalue weighted by Crippen LogP contribution is 2.20. The van der Waals surface area contributed by atoms with E-state index >= 15 is 0 Å². The van der Waals surface area contributed by atoms with Crippen molar-refractivity contribution in [2.24, 2.45) is 5.92 Å². The summed E-state index contributed by atoms with van der Waals surface area (Å²) < 4.78 is 1.11. The Morgan fingerprint density at radius 2 is 2.45 bits per heavy atom. The van der Waals surface area contributed by atoms with E-state index < -0.39 is 0 Å². The summed E-state index contributed by atoms with van der Waals surface area (Å²) in [6.07, 6.45) is 2.70. The van der Waals surface area contributed by atoms with E-state index in [4.69, 9.17) is 0 Å². The molecule has 1 saturated heterocycles. The Labute approximate surface area is 77.6 Å². The van der Waals surface area contributed by atoms with Crippen LogP contribution < -0.4 is 0 Å². The molecular formula is C9H16BrN. The average molecular weight is 218 g/mol. The van der Waals surface area contributed by atoms with Crippen molar-refractivity contribution in [1.82, 2.24) is 4.90 Å². The lowest BCUT2D eigenvalue weighted by Crippen LogP contribution is -2.21. The molecule has 64 valence electrons. The molecule has 1 nitrogen and oxygen atoms in total. The van der Waals surface area contributed by atoms with Crippen molar-refractivity contribution >= 4 is 15.9 Å². The molecule has 0 N–H and O–H groups in total. The van der Waals surface area contributed by atoms with E-state index in [1.165, 1.54) is 25.9 Å². The van der Waals surface area contributed by atoms with Crippen LogP contribution in [0.25, 0.3) is 0 Å². The van der Waals surface area contributed by atoms with Gasteiger partial charge in [0.1, 0.15) is 0 Å². The Kier molecular flexibility index (Phi) is 3.60. The zero-order valence-electron chi connectivity index (χ0n) is 7.15. The third-order valence-electron chi connectivity index (χ3n) is 2.34. The molecular weight excluding hydrogens is 202 g/mol. The second-order valence-corrected chi connectivity index (χ2v) is 4.44. The zero-order chi connectivity index (χ0) is 8.27. The minimum atomic E-state index is 0.932. The van der Waals surface area contributed by atoms with Gasteiger partial charge in [-0.05, 0) is 18.9 Å². The van der Waals surface area contributed by atoms with Crippen molar-refractivity contribution in [3.63, 3.8) is 0 Å². The van der Waals surface area contributed by atoms with E-state index in [1.54, 1.807) is 0 Å². The summed E-state index contributed by atoms with van der Waals surface area (Å²) in [5.74, 6) is 0.932. The van der Waals surface area contributed by atoms with Crippen LogP contribution in [0.3, 0.4) is 0 Å². The molecule has 0 aromatic carbocycles. The number of hydrogen-bond donors (Lipinski definition) is 0. The lowest BCUT2D eigenvalue weighted by atomic mass is 10.1. The van der Waals surface area contributed by atoms with Crippen molar-refractivity contribution in [3.05, 3.63) is 11.1 Å². The van der Waals surface area contributed by atoms with E-state index in [9.17, 15) is 0 Å². The molecule has 1 rings (SSSR count). The molecule has 2 heteroatoms. The molecule has 1 fully saturated rings. The molecule has 0 saturated carbocycles. The molecule has 0 spiro atoms. The third-order valence-corrected chi connectivity index (χ3v) is 2.59. The molecule has 1 aliphatic heterocycles. The summed E-state index contributed by atoms with van der Waals surface area (Å²) in [6.45, 7) is 9.66. The molecule has 0 bridgehead atoms. The summed E-state index contributed by atoms with van der Waals surface area (Å²) in [4.78, 5) is 2.46. The van der Waals surface area contributed by atoms with Crippen LogP contribution in [-0.2, 0) is 0 Å². The number of halogens is 1. The largest absolute Gasteiger partial charge is 0.298 e. The van der Waals surface area contributed by atoms with Gasteiger partial charge in [0.15, 0.2) is 0 Å². The van der Waals surface area contributed by atoms with Crippen LogP contribution in [-0.4, -0.2) is 24.5 Å². The van der Waals surface area contributed by atoms with Gasteiger partial charge in [0, 0.05) is 17.6 Å². The van der Waals surface area contributed by atoms with Crippen molar-refractivity contribution < 1.29 is 0 Å². The van der Waals surface area contributed by atoms with Gasteiger partial charge in [0.2, 0.25) is 0 Å². The van der Waals surface area contributed by atoms with Gasteiger partial charge < -0.3 is 0 Å². The smallest absolute Gasteiger partial charge is 0.0294 e. The maximum Gasteiger partial charge on any atom is 0.0294 e. The van der Waals surface area contributed by atoms with E-state index in [0.29, 0.717) is 0 Å². The molecule has 0 amide bonds. The Hall–Kier alpha value is 0.180. The monoisotopic (exact) mass is 217 g/mol. The highest BCUT2D eigenvalue weighted by molar-refractivity contribution is 9.11. The third kappa shape index (κ3) is 2.96. The molecule has 0 aromatic heterocycles. The summed E-state index contributed by atoms with van der Waals surface area (Å²) in [7, 11) is 0. The predicted molar refractivity (Wildman–Crippen MR) is 52.9 cm³/mol. The van der Waals surface area contributed by atoms with Crippen molar-refractivity contribution in [2.45, 2.75) is 19.8 Å². The quantitative estimate of drug-likeness (QED) is 0.703. The number of hydrogen-bond acceptors (Lipinski definition) is 1. The van der Waals surface area contributed by atoms with Crippen molar-refractivity contribution in [1.29, 1.82) is 0 Å². The van der Waals surface area contributed by atoms with Gasteiger partial charge >= 0.3 is 0 Å². The Bertz CT molecular complexity index is 144. The first-order valence-corrected chi connectivity index (χ1v) is 5.07. The number of rotatable bonds is 3. The highest BCUT2D eigenvalue weighted by atomic mass is 79.9. The molecule has 11 heavy (non-hydrogen) atoms. The predicted octanol–water partition coefficient (Wildman–Crippen LogP) is 2.63. The summed E-state index contributed by atoms with van der Waals surface area (Å²) in [5.41, 5.74) is 0. The van der Waals surface area contributed by atoms with Gasteiger partial charge in [-0.1, -0.05) is 35.9 Å². The minimum Gasteiger partial charge on any atom is -0.298 e. The van der Waals surface area contributed by atoms with E-state index in [1.807, 2.05) is 0 Å². The summed E-state index contributed by atoms with van der Waals surface area (Å²) in [6, 6.07) is 0. The lowest BCUT2D eigenvalue weighted by molar-refractivity contribution is 0.355. The topological polar surface area (TPSA) is 3.24 Å². The standard InChI is InChI=1S/C9H16BrN/c1-3-9-4-5-11(7-9)6-8(2)10/h9H,2-7H2,1H3. The van der Waals surface area contributed by atoms with Gasteiger partial charge in [0.05, 0.1) is 0 Å². The van der Waals surface area contributed by atoms with Gasteiger partial charge in [-0.15, -0.1) is 0 Å². The number of likely N-dealkylation sites (tertiary alicyclic amines) is 1. The fourth-order valence-electron chi connectivity index (χ4n) is 1.63. The fraction of sp³-hybridized carbons (Fsp3) is 0.778. The molecule has 1 atom stereocenters. The van der Waals surface area contributed by atoms with Crippen molar-refractivity contribution in [3.8, 4) is 0 Å². The lowest BCUT2D eigenvalue weighted by Gasteiger charge is -2.13. The van der Waals surface area contributed by atoms with Gasteiger partial charge in [-0.25, -0.2) is 0 Å². The minimum absolute atomic E-state index is 0.932. The van der Waals surface area contributed by atoms with Gasteiger partial charge in [-0.2, -0.15) is 0 Å². The molecule has 1 heterocycles. The summed E-state index contributed by atoms with van der Waals surface area (Å²) in [5, 5.41) is 0.